The Labute approximate surface area is 94.9 Å². The molecule has 1 amide bonds. The van der Waals surface area contributed by atoms with Crippen molar-refractivity contribution >= 4 is 23.3 Å². The van der Waals surface area contributed by atoms with Crippen LogP contribution in [0.15, 0.2) is 18.3 Å². The van der Waals surface area contributed by atoms with Crippen LogP contribution in [0.3, 0.4) is 0 Å². The van der Waals surface area contributed by atoms with E-state index in [2.05, 4.69) is 24.1 Å². The molecule has 0 bridgehead atoms. The molecule has 15 heavy (non-hydrogen) atoms. The number of carbonyl (C=O) groups excluding carboxylic acids is 1. The zero-order valence-corrected chi connectivity index (χ0v) is 9.71. The van der Waals surface area contributed by atoms with E-state index in [0.717, 1.165) is 6.42 Å². The predicted molar refractivity (Wildman–Crippen MR) is 61.9 cm³/mol. The Morgan fingerprint density at radius 1 is 1.60 bits per heavy atom. The molecule has 1 aromatic rings. The minimum absolute atomic E-state index is 0.0153. The number of hydrogen-bond acceptors (Lipinski definition) is 2. The molecule has 1 heterocycles. The van der Waals surface area contributed by atoms with E-state index < -0.39 is 0 Å². The van der Waals surface area contributed by atoms with E-state index in [1.807, 2.05) is 0 Å². The zero-order chi connectivity index (χ0) is 11.3. The number of nitrogens with zero attached hydrogens (tertiary/aromatic N) is 1. The first kappa shape index (κ1) is 12.0. The van der Waals surface area contributed by atoms with Gasteiger partial charge in [0.2, 0.25) is 5.91 Å². The Morgan fingerprint density at radius 3 is 2.93 bits per heavy atom. The predicted octanol–water partition coefficient (Wildman–Crippen LogP) is 3.11. The fraction of sp³-hybridized carbons (Fsp3) is 0.455. The van der Waals surface area contributed by atoms with Gasteiger partial charge < -0.3 is 5.32 Å². The van der Waals surface area contributed by atoms with Gasteiger partial charge in [-0.2, -0.15) is 0 Å². The molecule has 0 saturated carbocycles. The lowest BCUT2D eigenvalue weighted by molar-refractivity contribution is -0.116. The van der Waals surface area contributed by atoms with Crippen molar-refractivity contribution in [1.29, 1.82) is 0 Å². The molecule has 82 valence electrons. The summed E-state index contributed by atoms with van der Waals surface area (Å²) in [4.78, 5) is 15.4. The van der Waals surface area contributed by atoms with Crippen molar-refractivity contribution in [2.45, 2.75) is 26.7 Å². The molecule has 0 aliphatic rings. The van der Waals surface area contributed by atoms with Gasteiger partial charge in [0.25, 0.3) is 0 Å². The average Bonchev–Trinajstić information content (AvgIpc) is 2.15. The summed E-state index contributed by atoms with van der Waals surface area (Å²) in [7, 11) is 0. The SMILES string of the molecule is CC(C)CCC(=O)Nc1cc(Cl)ccn1. The van der Waals surface area contributed by atoms with Crippen LogP contribution in [0, 0.1) is 5.92 Å². The Kier molecular flexibility index (Phi) is 4.56. The van der Waals surface area contributed by atoms with E-state index in [9.17, 15) is 4.79 Å². The van der Waals surface area contributed by atoms with Crippen molar-refractivity contribution in [3.8, 4) is 0 Å². The van der Waals surface area contributed by atoms with Crippen LogP contribution >= 0.6 is 11.6 Å². The Morgan fingerprint density at radius 2 is 2.33 bits per heavy atom. The third-order valence-corrected chi connectivity index (χ3v) is 2.17. The number of halogens is 1. The van der Waals surface area contributed by atoms with Crippen LogP contribution in [-0.2, 0) is 4.79 Å². The van der Waals surface area contributed by atoms with Gasteiger partial charge >= 0.3 is 0 Å². The van der Waals surface area contributed by atoms with Crippen LogP contribution in [0.4, 0.5) is 5.82 Å². The summed E-state index contributed by atoms with van der Waals surface area (Å²) in [5.41, 5.74) is 0. The quantitative estimate of drug-likeness (QED) is 0.857. The van der Waals surface area contributed by atoms with E-state index in [1.165, 1.54) is 0 Å². The Bertz CT molecular complexity index is 339. The second-order valence-electron chi connectivity index (χ2n) is 3.84. The molecular formula is C11H15ClN2O. The third-order valence-electron chi connectivity index (χ3n) is 1.94. The fourth-order valence-electron chi connectivity index (χ4n) is 1.10. The molecule has 1 rings (SSSR count). The molecule has 1 aromatic heterocycles. The molecule has 1 N–H and O–H groups in total. The highest BCUT2D eigenvalue weighted by molar-refractivity contribution is 6.30. The van der Waals surface area contributed by atoms with E-state index >= 15 is 0 Å². The number of carbonyl (C=O) groups is 1. The van der Waals surface area contributed by atoms with E-state index in [4.69, 9.17) is 11.6 Å². The summed E-state index contributed by atoms with van der Waals surface area (Å²) in [5.74, 6) is 1.03. The molecule has 0 aliphatic heterocycles. The summed E-state index contributed by atoms with van der Waals surface area (Å²) in [5, 5.41) is 3.28. The maximum absolute atomic E-state index is 11.4. The van der Waals surface area contributed by atoms with Crippen LogP contribution in [-0.4, -0.2) is 10.9 Å². The van der Waals surface area contributed by atoms with Gasteiger partial charge in [-0.25, -0.2) is 4.98 Å². The van der Waals surface area contributed by atoms with Gasteiger partial charge in [0.1, 0.15) is 5.82 Å². The molecule has 0 atom stereocenters. The van der Waals surface area contributed by atoms with Crippen molar-refractivity contribution < 1.29 is 4.79 Å². The smallest absolute Gasteiger partial charge is 0.225 e. The van der Waals surface area contributed by atoms with E-state index in [1.54, 1.807) is 18.3 Å². The average molecular weight is 227 g/mol. The maximum Gasteiger partial charge on any atom is 0.225 e. The number of rotatable bonds is 4. The number of nitrogens with one attached hydrogen (secondary N) is 1. The highest BCUT2D eigenvalue weighted by Gasteiger charge is 2.04. The molecule has 0 aliphatic carbocycles. The topological polar surface area (TPSA) is 42.0 Å². The first-order chi connectivity index (χ1) is 7.08. The highest BCUT2D eigenvalue weighted by atomic mass is 35.5. The number of aromatic nitrogens is 1. The second kappa shape index (κ2) is 5.71. The monoisotopic (exact) mass is 226 g/mol. The molecule has 3 nitrogen and oxygen atoms in total. The molecule has 0 radical (unpaired) electrons. The summed E-state index contributed by atoms with van der Waals surface area (Å²) < 4.78 is 0. The second-order valence-corrected chi connectivity index (χ2v) is 4.28. The van der Waals surface area contributed by atoms with Gasteiger partial charge in [-0.1, -0.05) is 25.4 Å². The first-order valence-corrected chi connectivity index (χ1v) is 5.37. The standard InChI is InChI=1S/C11H15ClN2O/c1-8(2)3-4-11(15)14-10-7-9(12)5-6-13-10/h5-8H,3-4H2,1-2H3,(H,13,14,15). The van der Waals surface area contributed by atoms with Crippen molar-refractivity contribution in [3.63, 3.8) is 0 Å². The van der Waals surface area contributed by atoms with Gasteiger partial charge in [0, 0.05) is 17.6 Å². The molecule has 4 heteroatoms. The summed E-state index contributed by atoms with van der Waals surface area (Å²) in [6.07, 6.45) is 2.97. The van der Waals surface area contributed by atoms with E-state index in [-0.39, 0.29) is 5.91 Å². The van der Waals surface area contributed by atoms with Gasteiger partial charge in [0.15, 0.2) is 0 Å². The van der Waals surface area contributed by atoms with Crippen LogP contribution < -0.4 is 5.32 Å². The molecule has 0 fully saturated rings. The summed E-state index contributed by atoms with van der Waals surface area (Å²) in [6.45, 7) is 4.18. The van der Waals surface area contributed by atoms with Crippen molar-refractivity contribution in [3.05, 3.63) is 23.4 Å². The minimum Gasteiger partial charge on any atom is -0.311 e. The van der Waals surface area contributed by atoms with Crippen molar-refractivity contribution in [2.75, 3.05) is 5.32 Å². The summed E-state index contributed by atoms with van der Waals surface area (Å²) in [6, 6.07) is 3.31. The Balaban J connectivity index is 2.44. The molecule has 0 spiro atoms. The lowest BCUT2D eigenvalue weighted by Crippen LogP contribution is -2.13. The number of amides is 1. The van der Waals surface area contributed by atoms with Gasteiger partial charge in [-0.3, -0.25) is 4.79 Å². The van der Waals surface area contributed by atoms with Gasteiger partial charge in [-0.15, -0.1) is 0 Å². The van der Waals surface area contributed by atoms with Crippen molar-refractivity contribution in [2.24, 2.45) is 5.92 Å². The largest absolute Gasteiger partial charge is 0.311 e. The van der Waals surface area contributed by atoms with Gasteiger partial charge in [0.05, 0.1) is 0 Å². The van der Waals surface area contributed by atoms with Crippen LogP contribution in [0.2, 0.25) is 5.02 Å². The number of hydrogen-bond donors (Lipinski definition) is 1. The normalized spacial score (nSPS) is 10.4. The molecule has 0 aromatic carbocycles. The molecule has 0 saturated heterocycles. The van der Waals surface area contributed by atoms with Crippen LogP contribution in [0.1, 0.15) is 26.7 Å². The maximum atomic E-state index is 11.4. The summed E-state index contributed by atoms with van der Waals surface area (Å²) >= 11 is 5.76. The lowest BCUT2D eigenvalue weighted by Gasteiger charge is -2.05. The Hall–Kier alpha value is -1.09. The third kappa shape index (κ3) is 4.79. The van der Waals surface area contributed by atoms with Crippen molar-refractivity contribution in [1.82, 2.24) is 4.98 Å². The minimum atomic E-state index is -0.0153. The first-order valence-electron chi connectivity index (χ1n) is 4.99. The van der Waals surface area contributed by atoms with Gasteiger partial charge in [-0.05, 0) is 24.5 Å². The molecule has 0 unspecified atom stereocenters. The molecular weight excluding hydrogens is 212 g/mol. The van der Waals surface area contributed by atoms with Crippen LogP contribution in [0.25, 0.3) is 0 Å². The zero-order valence-electron chi connectivity index (χ0n) is 8.96. The number of pyridine rings is 1. The van der Waals surface area contributed by atoms with Crippen LogP contribution in [0.5, 0.6) is 0 Å². The highest BCUT2D eigenvalue weighted by Crippen LogP contribution is 2.12. The van der Waals surface area contributed by atoms with E-state index in [0.29, 0.717) is 23.2 Å². The number of anilines is 1. The fourth-order valence-corrected chi connectivity index (χ4v) is 1.26. The lowest BCUT2D eigenvalue weighted by atomic mass is 10.1.